The van der Waals surface area contributed by atoms with Crippen molar-refractivity contribution in [3.05, 3.63) is 0 Å². The van der Waals surface area contributed by atoms with E-state index >= 15 is 0 Å². The van der Waals surface area contributed by atoms with Gasteiger partial charge in [-0.15, -0.1) is 0 Å². The third-order valence-corrected chi connectivity index (χ3v) is 4.45. The number of rotatable bonds is 11. The molecular weight excluding hydrogens is 234 g/mol. The fourth-order valence-corrected chi connectivity index (χ4v) is 3.14. The first-order chi connectivity index (χ1) is 9.27. The molecule has 0 radical (unpaired) electrons. The lowest BCUT2D eigenvalue weighted by atomic mass is 10.00. The van der Waals surface area contributed by atoms with Crippen molar-refractivity contribution >= 4 is 0 Å². The lowest BCUT2D eigenvalue weighted by Crippen LogP contribution is -2.37. The molecule has 0 aromatic rings. The predicted octanol–water partition coefficient (Wildman–Crippen LogP) is 4.67. The monoisotopic (exact) mass is 269 g/mol. The van der Waals surface area contributed by atoms with Gasteiger partial charge in [-0.3, -0.25) is 0 Å². The fourth-order valence-electron chi connectivity index (χ4n) is 3.14. The molecule has 114 valence electrons. The molecule has 1 fully saturated rings. The summed E-state index contributed by atoms with van der Waals surface area (Å²) in [5.41, 5.74) is 0. The maximum absolute atomic E-state index is 5.97. The van der Waals surface area contributed by atoms with Gasteiger partial charge in [-0.25, -0.2) is 0 Å². The lowest BCUT2D eigenvalue weighted by molar-refractivity contribution is 0.0312. The molecule has 1 rings (SSSR count). The molecular formula is C17H35NO. The van der Waals surface area contributed by atoms with Gasteiger partial charge < -0.3 is 10.1 Å². The van der Waals surface area contributed by atoms with Gasteiger partial charge in [0.05, 0.1) is 12.2 Å². The summed E-state index contributed by atoms with van der Waals surface area (Å²) < 4.78 is 5.97. The van der Waals surface area contributed by atoms with Gasteiger partial charge in [0.1, 0.15) is 0 Å². The molecule has 2 nitrogen and oxygen atoms in total. The van der Waals surface area contributed by atoms with Crippen LogP contribution in [0.25, 0.3) is 0 Å². The van der Waals surface area contributed by atoms with Crippen LogP contribution in [0, 0.1) is 0 Å². The molecule has 1 N–H and O–H groups in total. The van der Waals surface area contributed by atoms with Crippen LogP contribution in [0.15, 0.2) is 0 Å². The number of hydrogen-bond donors (Lipinski definition) is 1. The summed E-state index contributed by atoms with van der Waals surface area (Å²) in [6.07, 6.45) is 15.9. The normalized spacial score (nSPS) is 24.8. The topological polar surface area (TPSA) is 21.3 Å². The molecule has 0 amide bonds. The Kier molecular flexibility index (Phi) is 9.54. The highest BCUT2D eigenvalue weighted by Gasteiger charge is 2.28. The zero-order valence-electron chi connectivity index (χ0n) is 13.4. The second-order valence-corrected chi connectivity index (χ2v) is 6.22. The SMILES string of the molecule is CCCCCCCCCCC(NC)C1CCC(C)O1. The Labute approximate surface area is 120 Å². The highest BCUT2D eigenvalue weighted by molar-refractivity contribution is 4.81. The van der Waals surface area contributed by atoms with Crippen molar-refractivity contribution in [3.8, 4) is 0 Å². The largest absolute Gasteiger partial charge is 0.374 e. The van der Waals surface area contributed by atoms with Crippen LogP contribution in [-0.4, -0.2) is 25.3 Å². The summed E-state index contributed by atoms with van der Waals surface area (Å²) >= 11 is 0. The third kappa shape index (κ3) is 7.31. The first kappa shape index (κ1) is 17.0. The molecule has 19 heavy (non-hydrogen) atoms. The first-order valence-corrected chi connectivity index (χ1v) is 8.60. The molecule has 1 aliphatic rings. The number of hydrogen-bond acceptors (Lipinski definition) is 2. The zero-order chi connectivity index (χ0) is 13.9. The molecule has 1 heterocycles. The first-order valence-electron chi connectivity index (χ1n) is 8.60. The van der Waals surface area contributed by atoms with Gasteiger partial charge in [0.2, 0.25) is 0 Å². The number of unbranched alkanes of at least 4 members (excludes halogenated alkanes) is 7. The van der Waals surface area contributed by atoms with Crippen molar-refractivity contribution in [2.75, 3.05) is 7.05 Å². The van der Waals surface area contributed by atoms with Crippen LogP contribution in [-0.2, 0) is 4.74 Å². The van der Waals surface area contributed by atoms with Crippen LogP contribution in [0.4, 0.5) is 0 Å². The molecule has 3 atom stereocenters. The van der Waals surface area contributed by atoms with E-state index in [1.54, 1.807) is 0 Å². The fraction of sp³-hybridized carbons (Fsp3) is 1.00. The molecule has 2 heteroatoms. The minimum Gasteiger partial charge on any atom is -0.374 e. The van der Waals surface area contributed by atoms with E-state index in [4.69, 9.17) is 4.74 Å². The van der Waals surface area contributed by atoms with Gasteiger partial charge in [0.15, 0.2) is 0 Å². The minimum atomic E-state index is 0.463. The average Bonchev–Trinajstić information content (AvgIpc) is 2.83. The third-order valence-electron chi connectivity index (χ3n) is 4.45. The highest BCUT2D eigenvalue weighted by atomic mass is 16.5. The Bertz CT molecular complexity index is 207. The molecule has 0 saturated carbocycles. The van der Waals surface area contributed by atoms with Crippen LogP contribution in [0.1, 0.15) is 84.5 Å². The van der Waals surface area contributed by atoms with Crippen molar-refractivity contribution < 1.29 is 4.74 Å². The Hall–Kier alpha value is -0.0800. The van der Waals surface area contributed by atoms with E-state index in [-0.39, 0.29) is 0 Å². The van der Waals surface area contributed by atoms with Gasteiger partial charge in [-0.1, -0.05) is 58.3 Å². The summed E-state index contributed by atoms with van der Waals surface area (Å²) in [6.45, 7) is 4.48. The molecule has 0 aromatic carbocycles. The molecule has 0 aliphatic carbocycles. The van der Waals surface area contributed by atoms with E-state index in [9.17, 15) is 0 Å². The summed E-state index contributed by atoms with van der Waals surface area (Å²) in [7, 11) is 2.09. The Morgan fingerprint density at radius 2 is 1.63 bits per heavy atom. The van der Waals surface area contributed by atoms with Gasteiger partial charge in [0.25, 0.3) is 0 Å². The van der Waals surface area contributed by atoms with E-state index in [1.165, 1.54) is 70.6 Å². The van der Waals surface area contributed by atoms with E-state index in [2.05, 4.69) is 26.2 Å². The maximum atomic E-state index is 5.97. The average molecular weight is 269 g/mol. The molecule has 0 spiro atoms. The van der Waals surface area contributed by atoms with Crippen LogP contribution in [0.5, 0.6) is 0 Å². The molecule has 3 unspecified atom stereocenters. The van der Waals surface area contributed by atoms with E-state index in [0.717, 1.165) is 0 Å². The summed E-state index contributed by atoms with van der Waals surface area (Å²) in [5, 5.41) is 3.46. The number of likely N-dealkylation sites (N-methyl/N-ethyl adjacent to an activating group) is 1. The van der Waals surface area contributed by atoms with E-state index in [0.29, 0.717) is 18.2 Å². The van der Waals surface area contributed by atoms with Crippen LogP contribution >= 0.6 is 0 Å². The van der Waals surface area contributed by atoms with Crippen LogP contribution in [0.2, 0.25) is 0 Å². The quantitative estimate of drug-likeness (QED) is 0.550. The summed E-state index contributed by atoms with van der Waals surface area (Å²) in [5.74, 6) is 0. The van der Waals surface area contributed by atoms with Crippen LogP contribution < -0.4 is 5.32 Å². The Morgan fingerprint density at radius 1 is 1.00 bits per heavy atom. The van der Waals surface area contributed by atoms with E-state index in [1.807, 2.05) is 0 Å². The Balaban J connectivity index is 1.97. The van der Waals surface area contributed by atoms with Gasteiger partial charge in [-0.2, -0.15) is 0 Å². The maximum Gasteiger partial charge on any atom is 0.0732 e. The highest BCUT2D eigenvalue weighted by Crippen LogP contribution is 2.24. The van der Waals surface area contributed by atoms with Crippen molar-refractivity contribution in [2.45, 2.75) is 103 Å². The molecule has 0 bridgehead atoms. The predicted molar refractivity (Wildman–Crippen MR) is 83.6 cm³/mol. The summed E-state index contributed by atoms with van der Waals surface area (Å²) in [6, 6.07) is 0.574. The lowest BCUT2D eigenvalue weighted by Gasteiger charge is -2.23. The van der Waals surface area contributed by atoms with Crippen molar-refractivity contribution in [2.24, 2.45) is 0 Å². The minimum absolute atomic E-state index is 0.463. The smallest absolute Gasteiger partial charge is 0.0732 e. The van der Waals surface area contributed by atoms with Crippen molar-refractivity contribution in [3.63, 3.8) is 0 Å². The van der Waals surface area contributed by atoms with Crippen LogP contribution in [0.3, 0.4) is 0 Å². The molecule has 1 saturated heterocycles. The molecule has 1 aliphatic heterocycles. The standard InChI is InChI=1S/C17H35NO/c1-4-5-6-7-8-9-10-11-12-16(18-3)17-14-13-15(2)19-17/h15-18H,4-14H2,1-3H3. The second-order valence-electron chi connectivity index (χ2n) is 6.22. The van der Waals surface area contributed by atoms with Crippen molar-refractivity contribution in [1.29, 1.82) is 0 Å². The molecule has 0 aromatic heterocycles. The summed E-state index contributed by atoms with van der Waals surface area (Å²) in [4.78, 5) is 0. The van der Waals surface area contributed by atoms with Crippen molar-refractivity contribution in [1.82, 2.24) is 5.32 Å². The van der Waals surface area contributed by atoms with Gasteiger partial charge >= 0.3 is 0 Å². The number of ether oxygens (including phenoxy) is 1. The zero-order valence-corrected chi connectivity index (χ0v) is 13.4. The Morgan fingerprint density at radius 3 is 2.16 bits per heavy atom. The van der Waals surface area contributed by atoms with Gasteiger partial charge in [0, 0.05) is 6.04 Å². The van der Waals surface area contributed by atoms with E-state index < -0.39 is 0 Å². The number of nitrogens with one attached hydrogen (secondary N) is 1. The van der Waals surface area contributed by atoms with Gasteiger partial charge in [-0.05, 0) is 33.2 Å². The second kappa shape index (κ2) is 10.7.